The molecule has 1 aliphatic rings. The number of hydrogen-bond donors (Lipinski definition) is 0. The predicted octanol–water partition coefficient (Wildman–Crippen LogP) is 1.91. The van der Waals surface area contributed by atoms with Gasteiger partial charge in [0.05, 0.1) is 7.11 Å². The van der Waals surface area contributed by atoms with Crippen LogP contribution in [-0.2, 0) is 9.53 Å². The summed E-state index contributed by atoms with van der Waals surface area (Å²) in [5, 5.41) is 0. The Morgan fingerprint density at radius 1 is 1.47 bits per heavy atom. The van der Waals surface area contributed by atoms with Crippen molar-refractivity contribution in [1.82, 2.24) is 0 Å². The predicted molar refractivity (Wildman–Crippen MR) is 51.0 cm³/mol. The Balaban J connectivity index is 2.12. The van der Waals surface area contributed by atoms with Gasteiger partial charge in [0.1, 0.15) is 11.6 Å². The van der Waals surface area contributed by atoms with Crippen molar-refractivity contribution in [2.45, 2.75) is 18.4 Å². The van der Waals surface area contributed by atoms with Gasteiger partial charge in [-0.3, -0.25) is 0 Å². The molecule has 0 atom stereocenters. The topological polar surface area (TPSA) is 35.5 Å². The fourth-order valence-electron chi connectivity index (χ4n) is 1.40. The fourth-order valence-corrected chi connectivity index (χ4v) is 1.40. The number of carbonyl (C=O) groups is 1. The summed E-state index contributed by atoms with van der Waals surface area (Å²) in [6.07, 6.45) is 1.24. The SMILES string of the molecule is COC(=O)C1(Oc2cccc(F)c2)CC1. The molecular formula is C11H11FO3. The summed E-state index contributed by atoms with van der Waals surface area (Å²) >= 11 is 0. The van der Waals surface area contributed by atoms with Crippen LogP contribution in [0, 0.1) is 5.82 Å². The number of methoxy groups -OCH3 is 1. The van der Waals surface area contributed by atoms with Crippen molar-refractivity contribution >= 4 is 5.97 Å². The van der Waals surface area contributed by atoms with Gasteiger partial charge in [0.2, 0.25) is 5.60 Å². The Labute approximate surface area is 86.8 Å². The van der Waals surface area contributed by atoms with Gasteiger partial charge in [-0.25, -0.2) is 9.18 Å². The van der Waals surface area contributed by atoms with Crippen LogP contribution >= 0.6 is 0 Å². The number of carbonyl (C=O) groups excluding carboxylic acids is 1. The molecule has 80 valence electrons. The highest BCUT2D eigenvalue weighted by Gasteiger charge is 2.54. The van der Waals surface area contributed by atoms with Crippen LogP contribution < -0.4 is 4.74 Å². The summed E-state index contributed by atoms with van der Waals surface area (Å²) in [6, 6.07) is 5.73. The Morgan fingerprint density at radius 3 is 2.73 bits per heavy atom. The van der Waals surface area contributed by atoms with E-state index in [1.165, 1.54) is 25.3 Å². The minimum absolute atomic E-state index is 0.359. The maximum absolute atomic E-state index is 12.8. The van der Waals surface area contributed by atoms with Gasteiger partial charge in [0.25, 0.3) is 0 Å². The van der Waals surface area contributed by atoms with Crippen molar-refractivity contribution in [3.05, 3.63) is 30.1 Å². The van der Waals surface area contributed by atoms with Gasteiger partial charge in [-0.1, -0.05) is 6.07 Å². The van der Waals surface area contributed by atoms with Crippen LogP contribution in [0.15, 0.2) is 24.3 Å². The molecule has 0 bridgehead atoms. The molecule has 1 aromatic carbocycles. The van der Waals surface area contributed by atoms with Gasteiger partial charge in [0.15, 0.2) is 0 Å². The van der Waals surface area contributed by atoms with Crippen molar-refractivity contribution in [2.75, 3.05) is 7.11 Å². The molecule has 0 amide bonds. The van der Waals surface area contributed by atoms with Gasteiger partial charge in [0, 0.05) is 18.9 Å². The largest absolute Gasteiger partial charge is 0.475 e. The first-order chi connectivity index (χ1) is 7.16. The molecule has 0 aromatic heterocycles. The van der Waals surface area contributed by atoms with Crippen LogP contribution in [0.5, 0.6) is 5.75 Å². The van der Waals surface area contributed by atoms with E-state index in [1.54, 1.807) is 6.07 Å². The molecule has 0 heterocycles. The summed E-state index contributed by atoms with van der Waals surface area (Å²) in [7, 11) is 1.32. The lowest BCUT2D eigenvalue weighted by Gasteiger charge is -2.15. The van der Waals surface area contributed by atoms with Gasteiger partial charge < -0.3 is 9.47 Å². The Kier molecular flexibility index (Phi) is 2.34. The summed E-state index contributed by atoms with van der Waals surface area (Å²) in [4.78, 5) is 11.3. The number of rotatable bonds is 3. The van der Waals surface area contributed by atoms with Crippen molar-refractivity contribution in [3.8, 4) is 5.75 Å². The minimum atomic E-state index is -0.872. The van der Waals surface area contributed by atoms with Gasteiger partial charge in [-0.15, -0.1) is 0 Å². The van der Waals surface area contributed by atoms with E-state index < -0.39 is 11.6 Å². The molecular weight excluding hydrogens is 199 g/mol. The summed E-state index contributed by atoms with van der Waals surface area (Å²) in [5.41, 5.74) is -0.872. The van der Waals surface area contributed by atoms with E-state index in [0.717, 1.165) is 0 Å². The Hall–Kier alpha value is -1.58. The molecule has 0 unspecified atom stereocenters. The molecule has 1 fully saturated rings. The van der Waals surface area contributed by atoms with Gasteiger partial charge in [-0.05, 0) is 12.1 Å². The lowest BCUT2D eigenvalue weighted by atomic mass is 10.3. The van der Waals surface area contributed by atoms with E-state index in [2.05, 4.69) is 4.74 Å². The molecule has 0 aliphatic heterocycles. The van der Waals surface area contributed by atoms with Crippen molar-refractivity contribution < 1.29 is 18.7 Å². The molecule has 3 nitrogen and oxygen atoms in total. The third-order valence-corrected chi connectivity index (χ3v) is 2.37. The summed E-state index contributed by atoms with van der Waals surface area (Å²) in [5.74, 6) is -0.419. The normalized spacial score (nSPS) is 16.9. The zero-order valence-corrected chi connectivity index (χ0v) is 8.33. The number of halogens is 1. The van der Waals surface area contributed by atoms with Crippen molar-refractivity contribution in [1.29, 1.82) is 0 Å². The molecule has 0 N–H and O–H groups in total. The summed E-state index contributed by atoms with van der Waals surface area (Å²) in [6.45, 7) is 0. The second-order valence-electron chi connectivity index (χ2n) is 3.55. The first-order valence-corrected chi connectivity index (χ1v) is 4.69. The fraction of sp³-hybridized carbons (Fsp3) is 0.364. The van der Waals surface area contributed by atoms with Gasteiger partial charge in [-0.2, -0.15) is 0 Å². The number of ether oxygens (including phenoxy) is 2. The number of esters is 1. The van der Waals surface area contributed by atoms with Crippen LogP contribution in [0.2, 0.25) is 0 Å². The third-order valence-electron chi connectivity index (χ3n) is 2.37. The van der Waals surface area contributed by atoms with E-state index in [0.29, 0.717) is 18.6 Å². The van der Waals surface area contributed by atoms with Crippen LogP contribution in [0.3, 0.4) is 0 Å². The van der Waals surface area contributed by atoms with Crippen LogP contribution in [-0.4, -0.2) is 18.7 Å². The Bertz CT molecular complexity index is 385. The lowest BCUT2D eigenvalue weighted by Crippen LogP contribution is -2.30. The van der Waals surface area contributed by atoms with E-state index in [1.807, 2.05) is 0 Å². The first kappa shape index (κ1) is 9.96. The molecule has 15 heavy (non-hydrogen) atoms. The highest BCUT2D eigenvalue weighted by Crippen LogP contribution is 2.41. The zero-order valence-electron chi connectivity index (χ0n) is 8.33. The van der Waals surface area contributed by atoms with Crippen molar-refractivity contribution in [3.63, 3.8) is 0 Å². The monoisotopic (exact) mass is 210 g/mol. The van der Waals surface area contributed by atoms with E-state index >= 15 is 0 Å². The number of hydrogen-bond acceptors (Lipinski definition) is 3. The smallest absolute Gasteiger partial charge is 0.350 e. The Morgan fingerprint density at radius 2 is 2.20 bits per heavy atom. The van der Waals surface area contributed by atoms with Gasteiger partial charge >= 0.3 is 5.97 Å². The van der Waals surface area contributed by atoms with E-state index in [-0.39, 0.29) is 5.82 Å². The molecule has 1 saturated carbocycles. The summed E-state index contributed by atoms with van der Waals surface area (Å²) < 4.78 is 22.9. The highest BCUT2D eigenvalue weighted by molar-refractivity contribution is 5.83. The lowest BCUT2D eigenvalue weighted by molar-refractivity contribution is -0.151. The molecule has 4 heteroatoms. The quantitative estimate of drug-likeness (QED) is 0.715. The maximum atomic E-state index is 12.8. The maximum Gasteiger partial charge on any atom is 0.350 e. The molecule has 1 aromatic rings. The standard InChI is InChI=1S/C11H11FO3/c1-14-10(13)11(5-6-11)15-9-4-2-3-8(12)7-9/h2-4,7H,5-6H2,1H3. The highest BCUT2D eigenvalue weighted by atomic mass is 19.1. The van der Waals surface area contributed by atoms with E-state index in [4.69, 9.17) is 4.74 Å². The average Bonchev–Trinajstić information content (AvgIpc) is 2.98. The molecule has 0 spiro atoms. The van der Waals surface area contributed by atoms with Crippen molar-refractivity contribution in [2.24, 2.45) is 0 Å². The van der Waals surface area contributed by atoms with Crippen LogP contribution in [0.1, 0.15) is 12.8 Å². The molecule has 1 aliphatic carbocycles. The minimum Gasteiger partial charge on any atom is -0.475 e. The molecule has 0 saturated heterocycles. The third kappa shape index (κ3) is 1.93. The second-order valence-corrected chi connectivity index (χ2v) is 3.55. The molecule has 0 radical (unpaired) electrons. The van der Waals surface area contributed by atoms with E-state index in [9.17, 15) is 9.18 Å². The van der Waals surface area contributed by atoms with Crippen LogP contribution in [0.25, 0.3) is 0 Å². The number of benzene rings is 1. The second kappa shape index (κ2) is 3.53. The first-order valence-electron chi connectivity index (χ1n) is 4.69. The zero-order chi connectivity index (χ0) is 10.9. The molecule has 2 rings (SSSR count). The van der Waals surface area contributed by atoms with Crippen LogP contribution in [0.4, 0.5) is 4.39 Å². The average molecular weight is 210 g/mol.